The Hall–Kier alpha value is -2.53. The summed E-state index contributed by atoms with van der Waals surface area (Å²) in [5.41, 5.74) is 2.68. The third-order valence-electron chi connectivity index (χ3n) is 5.22. The summed E-state index contributed by atoms with van der Waals surface area (Å²) in [6.07, 6.45) is 2.68. The van der Waals surface area contributed by atoms with Gasteiger partial charge in [0, 0.05) is 48.1 Å². The first-order chi connectivity index (χ1) is 13.1. The number of hydrogen-bond donors (Lipinski definition) is 1. The third-order valence-corrected chi connectivity index (χ3v) is 5.46. The van der Waals surface area contributed by atoms with Gasteiger partial charge in [-0.25, -0.2) is 0 Å². The van der Waals surface area contributed by atoms with Gasteiger partial charge in [0.2, 0.25) is 11.8 Å². The summed E-state index contributed by atoms with van der Waals surface area (Å²) in [6, 6.07) is 15.1. The summed E-state index contributed by atoms with van der Waals surface area (Å²) in [5, 5.41) is 3.52. The standard InChI is InChI=1S/C21H22ClN3O2/c22-16-4-3-5-19(13-16)25-14-15(12-20(25)26)21(27)23-17-6-8-18(9-7-17)24-10-1-2-11-24/h3-9,13,15H,1-2,10-12,14H2,(H,23,27). The maximum atomic E-state index is 12.6. The van der Waals surface area contributed by atoms with Crippen molar-refractivity contribution in [1.82, 2.24) is 0 Å². The van der Waals surface area contributed by atoms with Gasteiger partial charge in [-0.2, -0.15) is 0 Å². The molecule has 0 bridgehead atoms. The molecule has 5 nitrogen and oxygen atoms in total. The van der Waals surface area contributed by atoms with Gasteiger partial charge >= 0.3 is 0 Å². The largest absolute Gasteiger partial charge is 0.372 e. The van der Waals surface area contributed by atoms with Crippen LogP contribution in [-0.4, -0.2) is 31.4 Å². The summed E-state index contributed by atoms with van der Waals surface area (Å²) in [6.45, 7) is 2.56. The van der Waals surface area contributed by atoms with Crippen molar-refractivity contribution in [2.24, 2.45) is 5.92 Å². The molecule has 2 aromatic carbocycles. The van der Waals surface area contributed by atoms with Crippen LogP contribution in [0.2, 0.25) is 5.02 Å². The van der Waals surface area contributed by atoms with Gasteiger partial charge in [-0.15, -0.1) is 0 Å². The van der Waals surface area contributed by atoms with Crippen LogP contribution in [0, 0.1) is 5.92 Å². The van der Waals surface area contributed by atoms with Gasteiger partial charge in [-0.3, -0.25) is 9.59 Å². The van der Waals surface area contributed by atoms with E-state index in [1.807, 2.05) is 30.3 Å². The van der Waals surface area contributed by atoms with Gasteiger partial charge in [-0.05, 0) is 55.3 Å². The molecule has 2 amide bonds. The fourth-order valence-corrected chi connectivity index (χ4v) is 3.94. The van der Waals surface area contributed by atoms with Crippen LogP contribution in [0.25, 0.3) is 0 Å². The second kappa shape index (κ2) is 7.61. The number of anilines is 3. The van der Waals surface area contributed by atoms with E-state index in [-0.39, 0.29) is 24.2 Å². The Morgan fingerprint density at radius 3 is 2.48 bits per heavy atom. The topological polar surface area (TPSA) is 52.7 Å². The van der Waals surface area contributed by atoms with Crippen molar-refractivity contribution in [2.75, 3.05) is 34.8 Å². The first-order valence-corrected chi connectivity index (χ1v) is 9.70. The molecule has 1 atom stereocenters. The molecule has 2 heterocycles. The molecule has 0 aliphatic carbocycles. The van der Waals surface area contributed by atoms with Crippen LogP contribution >= 0.6 is 11.6 Å². The van der Waals surface area contributed by atoms with Crippen LogP contribution in [0.15, 0.2) is 48.5 Å². The number of hydrogen-bond acceptors (Lipinski definition) is 3. The van der Waals surface area contributed by atoms with E-state index in [1.54, 1.807) is 23.1 Å². The normalized spacial score (nSPS) is 19.6. The molecular weight excluding hydrogens is 362 g/mol. The lowest BCUT2D eigenvalue weighted by Crippen LogP contribution is -2.28. The van der Waals surface area contributed by atoms with Gasteiger partial charge in [0.1, 0.15) is 0 Å². The number of benzene rings is 2. The predicted molar refractivity (Wildman–Crippen MR) is 108 cm³/mol. The zero-order chi connectivity index (χ0) is 18.8. The second-order valence-electron chi connectivity index (χ2n) is 7.12. The van der Waals surface area contributed by atoms with Gasteiger partial charge in [0.15, 0.2) is 0 Å². The Balaban J connectivity index is 1.39. The van der Waals surface area contributed by atoms with Crippen LogP contribution < -0.4 is 15.1 Å². The Morgan fingerprint density at radius 1 is 1.04 bits per heavy atom. The van der Waals surface area contributed by atoms with Gasteiger partial charge < -0.3 is 15.1 Å². The minimum atomic E-state index is -0.366. The number of rotatable bonds is 4. The average Bonchev–Trinajstić information content (AvgIpc) is 3.32. The van der Waals surface area contributed by atoms with Crippen LogP contribution in [0.4, 0.5) is 17.1 Å². The summed E-state index contributed by atoms with van der Waals surface area (Å²) >= 11 is 6.02. The summed E-state index contributed by atoms with van der Waals surface area (Å²) in [4.78, 5) is 28.9. The molecule has 27 heavy (non-hydrogen) atoms. The molecule has 0 radical (unpaired) electrons. The molecule has 4 rings (SSSR count). The smallest absolute Gasteiger partial charge is 0.229 e. The Kier molecular flexibility index (Phi) is 5.03. The highest BCUT2D eigenvalue weighted by atomic mass is 35.5. The van der Waals surface area contributed by atoms with Crippen LogP contribution in [0.3, 0.4) is 0 Å². The summed E-state index contributed by atoms with van der Waals surface area (Å²) < 4.78 is 0. The van der Waals surface area contributed by atoms with Crippen molar-refractivity contribution >= 4 is 40.5 Å². The molecule has 140 valence electrons. The van der Waals surface area contributed by atoms with E-state index in [4.69, 9.17) is 11.6 Å². The van der Waals surface area contributed by atoms with E-state index in [1.165, 1.54) is 18.5 Å². The molecule has 6 heteroatoms. The van der Waals surface area contributed by atoms with Crippen LogP contribution in [0.5, 0.6) is 0 Å². The van der Waals surface area contributed by atoms with E-state index >= 15 is 0 Å². The molecule has 2 aromatic rings. The molecule has 2 aliphatic heterocycles. The van der Waals surface area contributed by atoms with Crippen molar-refractivity contribution in [3.05, 3.63) is 53.6 Å². The lowest BCUT2D eigenvalue weighted by molar-refractivity contribution is -0.122. The minimum Gasteiger partial charge on any atom is -0.372 e. The van der Waals surface area contributed by atoms with E-state index in [0.29, 0.717) is 11.6 Å². The first kappa shape index (κ1) is 17.9. The fraction of sp³-hybridized carbons (Fsp3) is 0.333. The van der Waals surface area contributed by atoms with E-state index < -0.39 is 0 Å². The Morgan fingerprint density at radius 2 is 1.78 bits per heavy atom. The van der Waals surface area contributed by atoms with Crippen molar-refractivity contribution in [3.8, 4) is 0 Å². The van der Waals surface area contributed by atoms with Crippen LogP contribution in [0.1, 0.15) is 19.3 Å². The van der Waals surface area contributed by atoms with Gasteiger partial charge in [0.05, 0.1) is 5.92 Å². The zero-order valence-corrected chi connectivity index (χ0v) is 15.8. The van der Waals surface area contributed by atoms with E-state index in [2.05, 4.69) is 10.2 Å². The molecule has 1 N–H and O–H groups in total. The third kappa shape index (κ3) is 3.93. The maximum absolute atomic E-state index is 12.6. The first-order valence-electron chi connectivity index (χ1n) is 9.32. The quantitative estimate of drug-likeness (QED) is 0.870. The van der Waals surface area contributed by atoms with Crippen molar-refractivity contribution in [3.63, 3.8) is 0 Å². The second-order valence-corrected chi connectivity index (χ2v) is 7.55. The summed E-state index contributed by atoms with van der Waals surface area (Å²) in [7, 11) is 0. The minimum absolute atomic E-state index is 0.0539. The van der Waals surface area contributed by atoms with E-state index in [9.17, 15) is 9.59 Å². The van der Waals surface area contributed by atoms with Crippen molar-refractivity contribution < 1.29 is 9.59 Å². The highest BCUT2D eigenvalue weighted by molar-refractivity contribution is 6.31. The Labute approximate surface area is 163 Å². The molecule has 2 fully saturated rings. The summed E-state index contributed by atoms with van der Waals surface area (Å²) in [5.74, 6) is -0.543. The van der Waals surface area contributed by atoms with E-state index in [0.717, 1.165) is 24.5 Å². The lowest BCUT2D eigenvalue weighted by atomic mass is 10.1. The highest BCUT2D eigenvalue weighted by Gasteiger charge is 2.35. The SMILES string of the molecule is O=C(Nc1ccc(N2CCCC2)cc1)C1CC(=O)N(c2cccc(Cl)c2)C1. The number of halogens is 1. The Bertz CT molecular complexity index is 847. The monoisotopic (exact) mass is 383 g/mol. The van der Waals surface area contributed by atoms with Crippen molar-refractivity contribution in [1.29, 1.82) is 0 Å². The molecule has 0 saturated carbocycles. The van der Waals surface area contributed by atoms with Gasteiger partial charge in [-0.1, -0.05) is 17.7 Å². The molecule has 2 aliphatic rings. The number of amides is 2. The average molecular weight is 384 g/mol. The van der Waals surface area contributed by atoms with Gasteiger partial charge in [0.25, 0.3) is 0 Å². The fourth-order valence-electron chi connectivity index (χ4n) is 3.75. The lowest BCUT2D eigenvalue weighted by Gasteiger charge is -2.18. The number of nitrogens with zero attached hydrogens (tertiary/aromatic N) is 2. The number of carbonyl (C=O) groups excluding carboxylic acids is 2. The molecule has 0 aromatic heterocycles. The van der Waals surface area contributed by atoms with Crippen molar-refractivity contribution in [2.45, 2.75) is 19.3 Å². The molecule has 2 saturated heterocycles. The molecule has 1 unspecified atom stereocenters. The number of carbonyl (C=O) groups is 2. The van der Waals surface area contributed by atoms with Crippen LogP contribution in [-0.2, 0) is 9.59 Å². The highest BCUT2D eigenvalue weighted by Crippen LogP contribution is 2.28. The maximum Gasteiger partial charge on any atom is 0.229 e. The molecule has 0 spiro atoms. The molecular formula is C21H22ClN3O2. The predicted octanol–water partition coefficient (Wildman–Crippen LogP) is 3.93. The number of nitrogens with one attached hydrogen (secondary N) is 1. The zero-order valence-electron chi connectivity index (χ0n) is 15.0.